The van der Waals surface area contributed by atoms with Gasteiger partial charge in [0.15, 0.2) is 0 Å². The molecule has 0 heterocycles. The maximum atomic E-state index is 12.2. The topological polar surface area (TPSA) is 29.1 Å². The molecule has 0 bridgehead atoms. The molecule has 1 saturated carbocycles. The summed E-state index contributed by atoms with van der Waals surface area (Å²) in [5.74, 6) is 1.19. The first-order valence-electron chi connectivity index (χ1n) is 6.91. The molecule has 1 aliphatic carbocycles. The van der Waals surface area contributed by atoms with Crippen LogP contribution in [0.15, 0.2) is 22.7 Å². The zero-order chi connectivity index (χ0) is 14.5. The summed E-state index contributed by atoms with van der Waals surface area (Å²) >= 11 is 12.9. The zero-order valence-corrected chi connectivity index (χ0v) is 15.1. The number of amides is 1. The van der Waals surface area contributed by atoms with Gasteiger partial charge in [-0.3, -0.25) is 4.79 Å². The van der Waals surface area contributed by atoms with Crippen LogP contribution in [-0.2, 0) is 0 Å². The molecule has 2 nitrogen and oxygen atoms in total. The van der Waals surface area contributed by atoms with Crippen molar-refractivity contribution in [2.45, 2.75) is 25.7 Å². The van der Waals surface area contributed by atoms with Gasteiger partial charge in [-0.05, 0) is 58.8 Å². The lowest BCUT2D eigenvalue weighted by molar-refractivity contribution is 0.0936. The molecule has 1 aliphatic rings. The number of nitrogens with one attached hydrogen (secondary N) is 1. The number of carbonyl (C=O) groups excluding carboxylic acids is 1. The monoisotopic (exact) mass is 421 g/mol. The molecule has 1 fully saturated rings. The van der Waals surface area contributed by atoms with E-state index < -0.39 is 0 Å². The smallest absolute Gasteiger partial charge is 0.252 e. The Balaban J connectivity index is 1.96. The van der Waals surface area contributed by atoms with Crippen molar-refractivity contribution in [3.63, 3.8) is 0 Å². The lowest BCUT2D eigenvalue weighted by Gasteiger charge is -2.30. The average Bonchev–Trinajstić information content (AvgIpc) is 2.47. The van der Waals surface area contributed by atoms with E-state index in [0.29, 0.717) is 22.4 Å². The first kappa shape index (κ1) is 16.3. The van der Waals surface area contributed by atoms with Crippen LogP contribution in [0.5, 0.6) is 0 Å². The van der Waals surface area contributed by atoms with Crippen molar-refractivity contribution in [2.75, 3.05) is 11.9 Å². The molecule has 5 heteroatoms. The highest BCUT2D eigenvalue weighted by atomic mass is 79.9. The molecule has 2 atom stereocenters. The average molecular weight is 424 g/mol. The zero-order valence-electron chi connectivity index (χ0n) is 11.2. The van der Waals surface area contributed by atoms with Crippen molar-refractivity contribution in [3.05, 3.63) is 33.3 Å². The number of alkyl halides is 1. The Morgan fingerprint density at radius 2 is 2.00 bits per heavy atom. The molecule has 1 aromatic rings. The van der Waals surface area contributed by atoms with Crippen LogP contribution in [0, 0.1) is 11.8 Å². The maximum Gasteiger partial charge on any atom is 0.252 e. The lowest BCUT2D eigenvalue weighted by Crippen LogP contribution is -2.35. The Morgan fingerprint density at radius 1 is 1.30 bits per heavy atom. The molecule has 1 amide bonds. The number of rotatable bonds is 4. The summed E-state index contributed by atoms with van der Waals surface area (Å²) in [7, 11) is 0. The number of halogens is 3. The van der Waals surface area contributed by atoms with Crippen LogP contribution >= 0.6 is 43.5 Å². The lowest BCUT2D eigenvalue weighted by atomic mass is 9.80. The molecule has 2 rings (SSSR count). The van der Waals surface area contributed by atoms with Crippen molar-refractivity contribution in [2.24, 2.45) is 11.8 Å². The number of hydrogen-bond donors (Lipinski definition) is 1. The standard InChI is InChI=1S/C15H18Br2ClNO/c16-8-10-3-1-2-4-11(10)9-19-15(20)13-7-12(18)5-6-14(13)17/h5-7,10-11H,1-4,8-9H2,(H,19,20). The van der Waals surface area contributed by atoms with E-state index in [4.69, 9.17) is 11.6 Å². The number of benzene rings is 1. The van der Waals surface area contributed by atoms with Gasteiger partial charge in [0.25, 0.3) is 5.91 Å². The minimum atomic E-state index is -0.0572. The SMILES string of the molecule is O=C(NCC1CCCCC1CBr)c1cc(Cl)ccc1Br. The summed E-state index contributed by atoms with van der Waals surface area (Å²) in [6, 6.07) is 5.27. The number of carbonyl (C=O) groups is 1. The van der Waals surface area contributed by atoms with E-state index in [9.17, 15) is 4.79 Å². The van der Waals surface area contributed by atoms with Gasteiger partial charge in [0, 0.05) is 21.4 Å². The van der Waals surface area contributed by atoms with E-state index in [1.807, 2.05) is 0 Å². The first-order valence-corrected chi connectivity index (χ1v) is 9.20. The van der Waals surface area contributed by atoms with Gasteiger partial charge >= 0.3 is 0 Å². The van der Waals surface area contributed by atoms with Crippen LogP contribution in [0.3, 0.4) is 0 Å². The normalized spacial score (nSPS) is 22.6. The Labute approximate surface area is 141 Å². The summed E-state index contributed by atoms with van der Waals surface area (Å²) in [6.45, 7) is 0.744. The van der Waals surface area contributed by atoms with Crippen molar-refractivity contribution >= 4 is 49.4 Å². The van der Waals surface area contributed by atoms with Crippen LogP contribution < -0.4 is 5.32 Å². The van der Waals surface area contributed by atoms with Crippen LogP contribution in [0.1, 0.15) is 36.0 Å². The third-order valence-corrected chi connectivity index (χ3v) is 5.72. The highest BCUT2D eigenvalue weighted by molar-refractivity contribution is 9.10. The predicted octanol–water partition coefficient (Wildman–Crippen LogP) is 5.03. The van der Waals surface area contributed by atoms with Gasteiger partial charge in [0.2, 0.25) is 0 Å². The second kappa shape index (κ2) is 7.81. The molecule has 0 radical (unpaired) electrons. The van der Waals surface area contributed by atoms with Crippen LogP contribution in [0.25, 0.3) is 0 Å². The van der Waals surface area contributed by atoms with E-state index in [1.165, 1.54) is 25.7 Å². The highest BCUT2D eigenvalue weighted by Gasteiger charge is 2.24. The molecular formula is C15H18Br2ClNO. The van der Waals surface area contributed by atoms with Gasteiger partial charge in [0.1, 0.15) is 0 Å². The molecule has 1 N–H and O–H groups in total. The molecule has 0 spiro atoms. The molecule has 0 aromatic heterocycles. The predicted molar refractivity (Wildman–Crippen MR) is 90.7 cm³/mol. The van der Waals surface area contributed by atoms with Crippen LogP contribution in [-0.4, -0.2) is 17.8 Å². The molecule has 20 heavy (non-hydrogen) atoms. The quantitative estimate of drug-likeness (QED) is 0.676. The molecular weight excluding hydrogens is 405 g/mol. The fraction of sp³-hybridized carbons (Fsp3) is 0.533. The molecule has 2 unspecified atom stereocenters. The maximum absolute atomic E-state index is 12.2. The second-order valence-corrected chi connectivity index (χ2v) is 7.23. The minimum Gasteiger partial charge on any atom is -0.352 e. The summed E-state index contributed by atoms with van der Waals surface area (Å²) in [4.78, 5) is 12.2. The third kappa shape index (κ3) is 4.22. The molecule has 0 saturated heterocycles. The van der Waals surface area contributed by atoms with E-state index in [0.717, 1.165) is 16.3 Å². The van der Waals surface area contributed by atoms with Crippen molar-refractivity contribution in [3.8, 4) is 0 Å². The van der Waals surface area contributed by atoms with E-state index in [-0.39, 0.29) is 5.91 Å². The third-order valence-electron chi connectivity index (χ3n) is 3.96. The highest BCUT2D eigenvalue weighted by Crippen LogP contribution is 2.31. The Morgan fingerprint density at radius 3 is 2.70 bits per heavy atom. The Hall–Kier alpha value is -0.0600. The largest absolute Gasteiger partial charge is 0.352 e. The van der Waals surface area contributed by atoms with Gasteiger partial charge < -0.3 is 5.32 Å². The molecule has 110 valence electrons. The Kier molecular flexibility index (Phi) is 6.37. The van der Waals surface area contributed by atoms with Gasteiger partial charge in [-0.15, -0.1) is 0 Å². The summed E-state index contributed by atoms with van der Waals surface area (Å²) in [6.07, 6.45) is 5.03. The van der Waals surface area contributed by atoms with E-state index in [1.54, 1.807) is 18.2 Å². The Bertz CT molecular complexity index is 481. The minimum absolute atomic E-state index is 0.0572. The van der Waals surface area contributed by atoms with Gasteiger partial charge in [-0.2, -0.15) is 0 Å². The van der Waals surface area contributed by atoms with Gasteiger partial charge in [-0.1, -0.05) is 40.4 Å². The fourth-order valence-electron chi connectivity index (χ4n) is 2.75. The second-order valence-electron chi connectivity index (χ2n) is 5.29. The summed E-state index contributed by atoms with van der Waals surface area (Å²) in [5.41, 5.74) is 0.601. The van der Waals surface area contributed by atoms with Crippen molar-refractivity contribution in [1.29, 1.82) is 0 Å². The fourth-order valence-corrected chi connectivity index (χ4v) is 4.20. The van der Waals surface area contributed by atoms with Gasteiger partial charge in [-0.25, -0.2) is 0 Å². The summed E-state index contributed by atoms with van der Waals surface area (Å²) < 4.78 is 0.778. The van der Waals surface area contributed by atoms with Crippen molar-refractivity contribution < 1.29 is 4.79 Å². The molecule has 0 aliphatic heterocycles. The van der Waals surface area contributed by atoms with E-state index >= 15 is 0 Å². The number of hydrogen-bond acceptors (Lipinski definition) is 1. The van der Waals surface area contributed by atoms with Crippen LogP contribution in [0.2, 0.25) is 5.02 Å². The molecule has 1 aromatic carbocycles. The first-order chi connectivity index (χ1) is 9.61. The van der Waals surface area contributed by atoms with Crippen LogP contribution in [0.4, 0.5) is 0 Å². The van der Waals surface area contributed by atoms with Gasteiger partial charge in [0.05, 0.1) is 5.56 Å². The summed E-state index contributed by atoms with van der Waals surface area (Å²) in [5, 5.41) is 4.65. The van der Waals surface area contributed by atoms with Crippen molar-refractivity contribution in [1.82, 2.24) is 5.32 Å². The van der Waals surface area contributed by atoms with E-state index in [2.05, 4.69) is 37.2 Å².